The molecule has 0 bridgehead atoms. The molecule has 0 saturated heterocycles. The minimum Gasteiger partial charge on any atom is -0.446 e. The van der Waals surface area contributed by atoms with Crippen molar-refractivity contribution in [1.29, 1.82) is 0 Å². The van der Waals surface area contributed by atoms with Gasteiger partial charge in [-0.25, -0.2) is 9.37 Å². The zero-order chi connectivity index (χ0) is 9.97. The fourth-order valence-electron chi connectivity index (χ4n) is 1.26. The molecule has 0 fully saturated rings. The molecule has 1 aromatic carbocycles. The summed E-state index contributed by atoms with van der Waals surface area (Å²) in [5.74, 6) is 0.336. The van der Waals surface area contributed by atoms with E-state index in [4.69, 9.17) is 10.2 Å². The van der Waals surface area contributed by atoms with E-state index in [2.05, 4.69) is 4.98 Å². The van der Waals surface area contributed by atoms with Gasteiger partial charge in [0.2, 0.25) is 0 Å². The Morgan fingerprint density at radius 2 is 2.00 bits per heavy atom. The number of hydrogen-bond donors (Lipinski definition) is 1. The summed E-state index contributed by atoms with van der Waals surface area (Å²) < 4.78 is 17.7. The van der Waals surface area contributed by atoms with Gasteiger partial charge in [0, 0.05) is 5.56 Å². The number of benzene rings is 1. The van der Waals surface area contributed by atoms with Crippen LogP contribution in [0.1, 0.15) is 5.76 Å². The maximum atomic E-state index is 12.6. The normalized spacial score (nSPS) is 10.4. The number of hydrogen-bond acceptors (Lipinski definition) is 3. The average molecular weight is 192 g/mol. The molecule has 72 valence electrons. The standard InChI is InChI=1S/C10H9FN2O/c11-8-3-1-7(2-4-8)10-9(5-12)14-6-13-10/h1-4,6H,5,12H2. The van der Waals surface area contributed by atoms with Crippen molar-refractivity contribution in [3.8, 4) is 11.3 Å². The minimum atomic E-state index is -0.272. The van der Waals surface area contributed by atoms with Gasteiger partial charge in [-0.2, -0.15) is 0 Å². The molecule has 1 aromatic heterocycles. The SMILES string of the molecule is NCc1ocnc1-c1ccc(F)cc1. The predicted molar refractivity (Wildman–Crippen MR) is 49.8 cm³/mol. The van der Waals surface area contributed by atoms with Gasteiger partial charge in [-0.05, 0) is 24.3 Å². The topological polar surface area (TPSA) is 52.0 Å². The summed E-state index contributed by atoms with van der Waals surface area (Å²) in [5, 5.41) is 0. The first-order valence-corrected chi connectivity index (χ1v) is 4.19. The molecule has 1 heterocycles. The Morgan fingerprint density at radius 1 is 1.29 bits per heavy atom. The third-order valence-corrected chi connectivity index (χ3v) is 1.94. The van der Waals surface area contributed by atoms with E-state index in [9.17, 15) is 4.39 Å². The lowest BCUT2D eigenvalue weighted by molar-refractivity contribution is 0.507. The van der Waals surface area contributed by atoms with Crippen LogP contribution in [0.3, 0.4) is 0 Å². The second-order valence-electron chi connectivity index (χ2n) is 2.84. The Balaban J connectivity index is 2.44. The molecule has 0 unspecified atom stereocenters. The van der Waals surface area contributed by atoms with Crippen LogP contribution in [0, 0.1) is 5.82 Å². The summed E-state index contributed by atoms with van der Waals surface area (Å²) >= 11 is 0. The Hall–Kier alpha value is -1.68. The van der Waals surface area contributed by atoms with Crippen molar-refractivity contribution in [1.82, 2.24) is 4.98 Å². The number of aromatic nitrogens is 1. The zero-order valence-electron chi connectivity index (χ0n) is 7.40. The molecule has 0 radical (unpaired) electrons. The second-order valence-corrected chi connectivity index (χ2v) is 2.84. The highest BCUT2D eigenvalue weighted by atomic mass is 19.1. The fraction of sp³-hybridized carbons (Fsp3) is 0.100. The monoisotopic (exact) mass is 192 g/mol. The van der Waals surface area contributed by atoms with Crippen LogP contribution in [-0.4, -0.2) is 4.98 Å². The van der Waals surface area contributed by atoms with Crippen molar-refractivity contribution < 1.29 is 8.81 Å². The third-order valence-electron chi connectivity index (χ3n) is 1.94. The first-order chi connectivity index (χ1) is 6.81. The van der Waals surface area contributed by atoms with E-state index in [1.807, 2.05) is 0 Å². The van der Waals surface area contributed by atoms with Crippen LogP contribution >= 0.6 is 0 Å². The van der Waals surface area contributed by atoms with Crippen LogP contribution in [0.5, 0.6) is 0 Å². The van der Waals surface area contributed by atoms with Crippen LogP contribution in [0.15, 0.2) is 35.1 Å². The Morgan fingerprint density at radius 3 is 2.64 bits per heavy atom. The molecule has 0 aliphatic carbocycles. The highest BCUT2D eigenvalue weighted by Gasteiger charge is 2.08. The molecule has 0 spiro atoms. The van der Waals surface area contributed by atoms with Gasteiger partial charge in [0.1, 0.15) is 17.3 Å². The van der Waals surface area contributed by atoms with Crippen LogP contribution in [0.25, 0.3) is 11.3 Å². The molecule has 4 heteroatoms. The molecule has 0 saturated carbocycles. The van der Waals surface area contributed by atoms with Gasteiger partial charge < -0.3 is 10.2 Å². The van der Waals surface area contributed by atoms with Crippen LogP contribution < -0.4 is 5.73 Å². The Kier molecular flexibility index (Phi) is 2.28. The first-order valence-electron chi connectivity index (χ1n) is 4.19. The number of oxazole rings is 1. The summed E-state index contributed by atoms with van der Waals surface area (Å²) in [6.07, 6.45) is 1.33. The molecule has 2 rings (SSSR count). The van der Waals surface area contributed by atoms with E-state index in [0.717, 1.165) is 5.56 Å². The molecule has 14 heavy (non-hydrogen) atoms. The highest BCUT2D eigenvalue weighted by Crippen LogP contribution is 2.21. The van der Waals surface area contributed by atoms with Gasteiger partial charge in [-0.1, -0.05) is 0 Å². The van der Waals surface area contributed by atoms with Gasteiger partial charge in [-0.3, -0.25) is 0 Å². The molecular formula is C10H9FN2O. The fourth-order valence-corrected chi connectivity index (χ4v) is 1.26. The summed E-state index contributed by atoms with van der Waals surface area (Å²) in [4.78, 5) is 4.02. The van der Waals surface area contributed by atoms with Crippen molar-refractivity contribution in [3.63, 3.8) is 0 Å². The number of rotatable bonds is 2. The van der Waals surface area contributed by atoms with E-state index in [1.165, 1.54) is 18.5 Å². The Bertz CT molecular complexity index is 422. The largest absolute Gasteiger partial charge is 0.446 e. The van der Waals surface area contributed by atoms with Gasteiger partial charge >= 0.3 is 0 Å². The lowest BCUT2D eigenvalue weighted by Crippen LogP contribution is -1.96. The summed E-state index contributed by atoms with van der Waals surface area (Å²) in [7, 11) is 0. The lowest BCUT2D eigenvalue weighted by atomic mass is 10.1. The van der Waals surface area contributed by atoms with Crippen molar-refractivity contribution in [2.24, 2.45) is 5.73 Å². The molecule has 0 aliphatic heterocycles. The quantitative estimate of drug-likeness (QED) is 0.791. The van der Waals surface area contributed by atoms with Crippen molar-refractivity contribution in [3.05, 3.63) is 42.2 Å². The van der Waals surface area contributed by atoms with E-state index < -0.39 is 0 Å². The maximum Gasteiger partial charge on any atom is 0.181 e. The van der Waals surface area contributed by atoms with E-state index in [0.29, 0.717) is 11.5 Å². The van der Waals surface area contributed by atoms with Gasteiger partial charge in [0.15, 0.2) is 6.39 Å². The molecule has 0 atom stereocenters. The smallest absolute Gasteiger partial charge is 0.181 e. The van der Waals surface area contributed by atoms with Gasteiger partial charge in [0.25, 0.3) is 0 Å². The maximum absolute atomic E-state index is 12.6. The predicted octanol–water partition coefficient (Wildman–Crippen LogP) is 1.94. The van der Waals surface area contributed by atoms with Crippen molar-refractivity contribution in [2.45, 2.75) is 6.54 Å². The molecule has 0 aliphatic rings. The number of nitrogens with two attached hydrogens (primary N) is 1. The first kappa shape index (κ1) is 8.90. The molecule has 2 aromatic rings. The summed E-state index contributed by atoms with van der Waals surface area (Å²) in [6.45, 7) is 0.284. The molecule has 2 N–H and O–H groups in total. The second kappa shape index (κ2) is 3.59. The highest BCUT2D eigenvalue weighted by molar-refractivity contribution is 5.60. The van der Waals surface area contributed by atoms with Crippen LogP contribution in [0.4, 0.5) is 4.39 Å². The van der Waals surface area contributed by atoms with E-state index in [1.54, 1.807) is 12.1 Å². The average Bonchev–Trinajstić information content (AvgIpc) is 2.67. The van der Waals surface area contributed by atoms with Gasteiger partial charge in [0.05, 0.1) is 6.54 Å². The summed E-state index contributed by atoms with van der Waals surface area (Å²) in [5.41, 5.74) is 6.93. The van der Waals surface area contributed by atoms with Gasteiger partial charge in [-0.15, -0.1) is 0 Å². The zero-order valence-corrected chi connectivity index (χ0v) is 7.40. The van der Waals surface area contributed by atoms with Crippen LogP contribution in [0.2, 0.25) is 0 Å². The van der Waals surface area contributed by atoms with Crippen molar-refractivity contribution >= 4 is 0 Å². The molecule has 0 amide bonds. The minimum absolute atomic E-state index is 0.272. The number of nitrogens with zero attached hydrogens (tertiary/aromatic N) is 1. The lowest BCUT2D eigenvalue weighted by Gasteiger charge is -1.98. The third kappa shape index (κ3) is 1.52. The molecular weight excluding hydrogens is 183 g/mol. The van der Waals surface area contributed by atoms with Crippen molar-refractivity contribution in [2.75, 3.05) is 0 Å². The van der Waals surface area contributed by atoms with E-state index >= 15 is 0 Å². The van der Waals surface area contributed by atoms with Crippen LogP contribution in [-0.2, 0) is 6.54 Å². The number of halogens is 1. The Labute approximate surface area is 80.4 Å². The summed E-state index contributed by atoms with van der Waals surface area (Å²) in [6, 6.07) is 6.05. The van der Waals surface area contributed by atoms with E-state index in [-0.39, 0.29) is 12.4 Å². The molecule has 3 nitrogen and oxygen atoms in total.